The van der Waals surface area contributed by atoms with Crippen LogP contribution in [0.25, 0.3) is 0 Å². The highest BCUT2D eigenvalue weighted by atomic mass is 19.4. The van der Waals surface area contributed by atoms with E-state index in [1.165, 1.54) is 0 Å². The molecule has 0 heterocycles. The molecule has 0 bridgehead atoms. The number of hydrogen-bond donors (Lipinski definition) is 3. The van der Waals surface area contributed by atoms with E-state index in [1.807, 2.05) is 6.07 Å². The third kappa shape index (κ3) is 7.98. The molecule has 3 aliphatic carbocycles. The van der Waals surface area contributed by atoms with Crippen molar-refractivity contribution >= 4 is 0 Å². The molecule has 0 radical (unpaired) electrons. The summed E-state index contributed by atoms with van der Waals surface area (Å²) in [5, 5.41) is 24.5. The number of halogens is 8. The number of aromatic hydroxyl groups is 1. The first kappa shape index (κ1) is 37.2. The van der Waals surface area contributed by atoms with Crippen molar-refractivity contribution in [2.45, 2.75) is 152 Å². The second-order valence-corrected chi connectivity index (χ2v) is 14.7. The van der Waals surface area contributed by atoms with Gasteiger partial charge in [0.1, 0.15) is 11.9 Å². The van der Waals surface area contributed by atoms with Gasteiger partial charge in [0.05, 0.1) is 6.10 Å². The van der Waals surface area contributed by atoms with Crippen molar-refractivity contribution in [3.05, 3.63) is 29.3 Å². The van der Waals surface area contributed by atoms with Crippen LogP contribution in [0.1, 0.15) is 121 Å². The van der Waals surface area contributed by atoms with Crippen molar-refractivity contribution in [3.8, 4) is 5.75 Å². The predicted octanol–water partition coefficient (Wildman–Crippen LogP) is 9.89. The first-order valence-corrected chi connectivity index (χ1v) is 17.2. The highest BCUT2D eigenvalue weighted by molar-refractivity contribution is 5.41. The molecule has 2 fully saturated rings. The van der Waals surface area contributed by atoms with Crippen LogP contribution in [0.15, 0.2) is 18.2 Å². The van der Waals surface area contributed by atoms with Crippen LogP contribution in [0.3, 0.4) is 0 Å². The zero-order chi connectivity index (χ0) is 33.9. The third-order valence-electron chi connectivity index (χ3n) is 11.5. The first-order chi connectivity index (χ1) is 21.5. The molecule has 4 rings (SSSR count). The number of nitrogens with one attached hydrogen (secondary N) is 1. The molecule has 11 heteroatoms. The molecule has 3 aliphatic rings. The molecule has 3 N–H and O–H groups in total. The van der Waals surface area contributed by atoms with Gasteiger partial charge in [0, 0.05) is 18.4 Å². The van der Waals surface area contributed by atoms with Gasteiger partial charge in [-0.05, 0) is 111 Å². The van der Waals surface area contributed by atoms with Crippen LogP contribution < -0.4 is 5.32 Å². The largest absolute Gasteiger partial charge is 0.508 e. The Morgan fingerprint density at radius 3 is 2.33 bits per heavy atom. The average Bonchev–Trinajstić information content (AvgIpc) is 3.26. The van der Waals surface area contributed by atoms with Crippen molar-refractivity contribution in [2.24, 2.45) is 23.2 Å². The van der Waals surface area contributed by atoms with Gasteiger partial charge in [0.15, 0.2) is 0 Å². The van der Waals surface area contributed by atoms with Gasteiger partial charge in [-0.25, -0.2) is 4.39 Å². The number of fused-ring (bicyclic) bond motifs is 5. The van der Waals surface area contributed by atoms with Crippen LogP contribution in [0.5, 0.6) is 5.75 Å². The summed E-state index contributed by atoms with van der Waals surface area (Å²) in [5.74, 6) is -10.3. The van der Waals surface area contributed by atoms with Gasteiger partial charge in [0.25, 0.3) is 0 Å². The molecular formula is C35H51F8NO2. The highest BCUT2D eigenvalue weighted by Gasteiger charge is 2.72. The van der Waals surface area contributed by atoms with Gasteiger partial charge >= 0.3 is 18.0 Å². The van der Waals surface area contributed by atoms with Crippen molar-refractivity contribution in [1.82, 2.24) is 5.32 Å². The van der Waals surface area contributed by atoms with E-state index in [2.05, 4.69) is 19.2 Å². The lowest BCUT2D eigenvalue weighted by atomic mass is 9.51. The summed E-state index contributed by atoms with van der Waals surface area (Å²) in [5.41, 5.74) is 1.68. The summed E-state index contributed by atoms with van der Waals surface area (Å²) in [4.78, 5) is 0. The van der Waals surface area contributed by atoms with E-state index in [4.69, 9.17) is 0 Å². The zero-order valence-corrected chi connectivity index (χ0v) is 27.0. The van der Waals surface area contributed by atoms with Crippen molar-refractivity contribution in [3.63, 3.8) is 0 Å². The van der Waals surface area contributed by atoms with Gasteiger partial charge in [0.2, 0.25) is 0 Å². The summed E-state index contributed by atoms with van der Waals surface area (Å²) in [6.45, 7) is 4.96. The van der Waals surface area contributed by atoms with Gasteiger partial charge in [-0.3, -0.25) is 0 Å². The molecule has 0 aromatic heterocycles. The zero-order valence-electron chi connectivity index (χ0n) is 27.0. The number of rotatable bonds is 16. The van der Waals surface area contributed by atoms with Gasteiger partial charge in [-0.15, -0.1) is 0 Å². The lowest BCUT2D eigenvalue weighted by Crippen LogP contribution is -2.51. The summed E-state index contributed by atoms with van der Waals surface area (Å²) in [6, 6.07) is 5.59. The van der Waals surface area contributed by atoms with E-state index in [-0.39, 0.29) is 42.4 Å². The minimum absolute atomic E-state index is 0.174. The Hall–Kier alpha value is -1.62. The molecule has 2 saturated carbocycles. The fraction of sp³-hybridized carbons (Fsp3) is 0.829. The summed E-state index contributed by atoms with van der Waals surface area (Å²) < 4.78 is 105. The number of hydrogen-bond acceptors (Lipinski definition) is 3. The topological polar surface area (TPSA) is 52.5 Å². The molecule has 0 spiro atoms. The van der Waals surface area contributed by atoms with Crippen LogP contribution >= 0.6 is 0 Å². The minimum Gasteiger partial charge on any atom is -0.508 e. The van der Waals surface area contributed by atoms with Crippen LogP contribution in [-0.2, 0) is 6.42 Å². The molecule has 1 unspecified atom stereocenters. The maximum absolute atomic E-state index is 15.9. The maximum Gasteiger partial charge on any atom is 0.459 e. The number of unbranched alkanes of at least 4 members (excludes halogenated alkanes) is 6. The molecule has 8 atom stereocenters. The standard InChI is InChI=1S/C35H51F8NO2/c1-22(11-7-4-3-5-9-17-33(37,38)34(39,40)35(41,42)43)44-18-10-6-8-12-23-19-24-20-25(45)13-14-26(24)31-28(36)21-32(2)27(30(23)31)15-16-29(32)46/h13-14,20,22-23,27-31,44-46H,3-12,15-19,21H2,1-2H3/t22?,23-,27+,28+,29+,30+,31+,32+/m1/s1. The number of phenolic OH excluding ortho intramolecular Hbond substituents is 1. The van der Waals surface area contributed by atoms with E-state index in [0.717, 1.165) is 75.5 Å². The van der Waals surface area contributed by atoms with Crippen molar-refractivity contribution in [1.29, 1.82) is 0 Å². The Morgan fingerprint density at radius 1 is 0.935 bits per heavy atom. The second kappa shape index (κ2) is 14.9. The van der Waals surface area contributed by atoms with Crippen molar-refractivity contribution < 1.29 is 45.3 Å². The summed E-state index contributed by atoms with van der Waals surface area (Å²) >= 11 is 0. The molecule has 0 aliphatic heterocycles. The number of alkyl halides is 8. The molecule has 264 valence electrons. The normalized spacial score (nSPS) is 30.5. The number of benzene rings is 1. The molecule has 3 nitrogen and oxygen atoms in total. The third-order valence-corrected chi connectivity index (χ3v) is 11.5. The van der Waals surface area contributed by atoms with Crippen LogP contribution in [0.2, 0.25) is 0 Å². The number of aliphatic hydroxyl groups is 1. The monoisotopic (exact) mass is 669 g/mol. The fourth-order valence-electron chi connectivity index (χ4n) is 8.88. The highest BCUT2D eigenvalue weighted by Crippen LogP contribution is 2.63. The van der Waals surface area contributed by atoms with Crippen LogP contribution in [0, 0.1) is 23.2 Å². The first-order valence-electron chi connectivity index (χ1n) is 17.2. The van der Waals surface area contributed by atoms with Crippen molar-refractivity contribution in [2.75, 3.05) is 6.54 Å². The predicted molar refractivity (Wildman–Crippen MR) is 162 cm³/mol. The Kier molecular flexibility index (Phi) is 12.0. The average molecular weight is 670 g/mol. The minimum atomic E-state index is -6.27. The van der Waals surface area contributed by atoms with E-state index in [9.17, 15) is 40.9 Å². The Labute approximate surface area is 267 Å². The van der Waals surface area contributed by atoms with Gasteiger partial charge < -0.3 is 15.5 Å². The molecule has 1 aromatic carbocycles. The van der Waals surface area contributed by atoms with Gasteiger partial charge in [-0.1, -0.05) is 51.5 Å². The molecule has 46 heavy (non-hydrogen) atoms. The Bertz CT molecular complexity index is 1130. The van der Waals surface area contributed by atoms with E-state index >= 15 is 4.39 Å². The van der Waals surface area contributed by atoms with Crippen LogP contribution in [-0.4, -0.2) is 53.1 Å². The lowest BCUT2D eigenvalue weighted by molar-refractivity contribution is -0.355. The maximum atomic E-state index is 15.9. The van der Waals surface area contributed by atoms with Gasteiger partial charge in [-0.2, -0.15) is 30.7 Å². The van der Waals surface area contributed by atoms with E-state index in [0.29, 0.717) is 25.2 Å². The second-order valence-electron chi connectivity index (χ2n) is 14.7. The molecule has 0 saturated heterocycles. The number of phenols is 1. The number of aliphatic hydroxyl groups excluding tert-OH is 1. The summed E-state index contributed by atoms with van der Waals surface area (Å²) in [6.07, 6.45) is 0.192. The molecule has 0 amide bonds. The van der Waals surface area contributed by atoms with Crippen LogP contribution in [0.4, 0.5) is 35.1 Å². The molecule has 1 aromatic rings. The van der Waals surface area contributed by atoms with E-state index in [1.54, 1.807) is 12.1 Å². The molecular weight excluding hydrogens is 618 g/mol. The lowest BCUT2D eigenvalue weighted by Gasteiger charge is -2.54. The SMILES string of the molecule is CC(CCCCCCCC(F)(F)C(F)(F)C(F)(F)F)NCCCCC[C@@H]1Cc2cc(O)ccc2[C@@H]2[C@@H]1[C@@H]1CC[C@H](O)[C@@]1(C)C[C@@H]2F. The Balaban J connectivity index is 1.14. The summed E-state index contributed by atoms with van der Waals surface area (Å²) in [7, 11) is 0. The Morgan fingerprint density at radius 2 is 1.61 bits per heavy atom. The smallest absolute Gasteiger partial charge is 0.459 e. The van der Waals surface area contributed by atoms with E-state index < -0.39 is 42.1 Å². The fourth-order valence-corrected chi connectivity index (χ4v) is 8.88. The quantitative estimate of drug-likeness (QED) is 0.121.